The number of anilines is 1. The molecular weight excluding hydrogens is 352 g/mol. The summed E-state index contributed by atoms with van der Waals surface area (Å²) in [7, 11) is 0. The molecule has 8 heteroatoms. The van der Waals surface area contributed by atoms with E-state index in [0.717, 1.165) is 4.90 Å². The van der Waals surface area contributed by atoms with Gasteiger partial charge in [0.25, 0.3) is 11.4 Å². The monoisotopic (exact) mass is 370 g/mol. The number of aromatic nitrogens is 3. The highest BCUT2D eigenvalue weighted by Crippen LogP contribution is 2.19. The van der Waals surface area contributed by atoms with E-state index in [4.69, 9.17) is 4.52 Å². The molecule has 1 N–H and O–H groups in total. The van der Waals surface area contributed by atoms with Crippen molar-refractivity contribution in [3.63, 3.8) is 0 Å². The van der Waals surface area contributed by atoms with Crippen LogP contribution in [0, 0.1) is 0 Å². The van der Waals surface area contributed by atoms with E-state index < -0.39 is 0 Å². The third-order valence-corrected chi connectivity index (χ3v) is 4.43. The van der Waals surface area contributed by atoms with Crippen molar-refractivity contribution in [2.75, 3.05) is 11.6 Å². The molecule has 0 unspecified atom stereocenters. The number of carbonyl (C=O) groups excluding carboxylic acids is 1. The van der Waals surface area contributed by atoms with Gasteiger partial charge in [-0.1, -0.05) is 24.2 Å². The molecule has 7 nitrogen and oxygen atoms in total. The summed E-state index contributed by atoms with van der Waals surface area (Å²) in [4.78, 5) is 30.0. The van der Waals surface area contributed by atoms with Crippen LogP contribution in [0.5, 0.6) is 0 Å². The van der Waals surface area contributed by atoms with Gasteiger partial charge < -0.3 is 9.84 Å². The van der Waals surface area contributed by atoms with E-state index in [9.17, 15) is 9.59 Å². The van der Waals surface area contributed by atoms with Gasteiger partial charge >= 0.3 is 0 Å². The highest BCUT2D eigenvalue weighted by molar-refractivity contribution is 7.98. The molecule has 0 fully saturated rings. The number of aryl methyl sites for hydroxylation is 1. The maximum Gasteiger partial charge on any atom is 0.274 e. The highest BCUT2D eigenvalue weighted by atomic mass is 32.2. The van der Waals surface area contributed by atoms with E-state index in [1.54, 1.807) is 30.0 Å². The highest BCUT2D eigenvalue weighted by Gasteiger charge is 2.15. The number of hydrogen-bond donors (Lipinski definition) is 1. The number of rotatable bonds is 6. The average molecular weight is 370 g/mol. The van der Waals surface area contributed by atoms with Crippen LogP contribution in [0.3, 0.4) is 0 Å². The minimum atomic E-state index is -0.313. The van der Waals surface area contributed by atoms with Gasteiger partial charge in [-0.15, -0.1) is 11.8 Å². The average Bonchev–Trinajstić information content (AvgIpc) is 3.12. The Bertz CT molecular complexity index is 980. The summed E-state index contributed by atoms with van der Waals surface area (Å²) in [6, 6.07) is 12.2. The Hall–Kier alpha value is -2.87. The van der Waals surface area contributed by atoms with E-state index in [2.05, 4.69) is 15.5 Å². The second-order valence-corrected chi connectivity index (χ2v) is 6.36. The normalized spacial score (nSPS) is 10.7. The van der Waals surface area contributed by atoms with E-state index in [1.807, 2.05) is 31.4 Å². The molecule has 3 aromatic rings. The number of thioether (sulfide) groups is 1. The molecule has 134 valence electrons. The van der Waals surface area contributed by atoms with E-state index in [1.165, 1.54) is 10.6 Å². The van der Waals surface area contributed by atoms with Crippen LogP contribution in [0.4, 0.5) is 5.69 Å². The van der Waals surface area contributed by atoms with Crippen LogP contribution in [0.15, 0.2) is 56.7 Å². The number of nitrogens with zero attached hydrogens (tertiary/aromatic N) is 3. The molecule has 0 aliphatic heterocycles. The third kappa shape index (κ3) is 4.02. The minimum Gasteiger partial charge on any atom is -0.332 e. The lowest BCUT2D eigenvalue weighted by molar-refractivity contribution is -0.116. The van der Waals surface area contributed by atoms with Crippen molar-refractivity contribution in [3.05, 3.63) is 58.6 Å². The van der Waals surface area contributed by atoms with E-state index in [0.29, 0.717) is 23.6 Å². The van der Waals surface area contributed by atoms with Crippen molar-refractivity contribution < 1.29 is 9.32 Å². The topological polar surface area (TPSA) is 90.0 Å². The van der Waals surface area contributed by atoms with Crippen molar-refractivity contribution in [2.24, 2.45) is 0 Å². The number of benzene rings is 1. The molecule has 0 aliphatic carbocycles. The molecule has 26 heavy (non-hydrogen) atoms. The molecule has 0 saturated carbocycles. The zero-order valence-electron chi connectivity index (χ0n) is 14.4. The lowest BCUT2D eigenvalue weighted by Crippen LogP contribution is -2.28. The van der Waals surface area contributed by atoms with Crippen molar-refractivity contribution in [2.45, 2.75) is 24.8 Å². The summed E-state index contributed by atoms with van der Waals surface area (Å²) < 4.78 is 6.53. The lowest BCUT2D eigenvalue weighted by Gasteiger charge is -2.11. The van der Waals surface area contributed by atoms with Crippen molar-refractivity contribution in [3.8, 4) is 11.6 Å². The molecule has 0 saturated heterocycles. The fourth-order valence-corrected chi connectivity index (χ4v) is 2.88. The first-order chi connectivity index (χ1) is 12.6. The first-order valence-electron chi connectivity index (χ1n) is 8.07. The minimum absolute atomic E-state index is 0.150. The Morgan fingerprint density at radius 1 is 1.27 bits per heavy atom. The summed E-state index contributed by atoms with van der Waals surface area (Å²) in [6.45, 7) is 1.76. The second kappa shape index (κ2) is 8.01. The maximum atomic E-state index is 12.4. The summed E-state index contributed by atoms with van der Waals surface area (Å²) in [6.07, 6.45) is 2.58. The zero-order valence-corrected chi connectivity index (χ0v) is 15.2. The fraction of sp³-hybridized carbons (Fsp3) is 0.222. The Balaban J connectivity index is 1.84. The van der Waals surface area contributed by atoms with Crippen molar-refractivity contribution in [1.29, 1.82) is 0 Å². The summed E-state index contributed by atoms with van der Waals surface area (Å²) in [5.74, 6) is 0.450. The van der Waals surface area contributed by atoms with Gasteiger partial charge in [0, 0.05) is 23.1 Å². The number of pyridine rings is 1. The molecule has 0 spiro atoms. The quantitative estimate of drug-likeness (QED) is 0.671. The first kappa shape index (κ1) is 17.9. The first-order valence-corrected chi connectivity index (χ1v) is 9.30. The van der Waals surface area contributed by atoms with Crippen LogP contribution in [0.2, 0.25) is 0 Å². The SMILES string of the molecule is CCc1noc(-c2cccc(=O)n2CC(=O)Nc2cccc(SC)c2)n1. The predicted octanol–water partition coefficient (Wildman–Crippen LogP) is 2.82. The van der Waals surface area contributed by atoms with Crippen LogP contribution in [-0.4, -0.2) is 26.9 Å². The molecule has 3 rings (SSSR count). The van der Waals surface area contributed by atoms with E-state index in [-0.39, 0.29) is 23.9 Å². The third-order valence-electron chi connectivity index (χ3n) is 3.71. The van der Waals surface area contributed by atoms with Gasteiger partial charge in [0.2, 0.25) is 5.91 Å². The van der Waals surface area contributed by atoms with Gasteiger partial charge in [-0.25, -0.2) is 0 Å². The number of nitrogens with one attached hydrogen (secondary N) is 1. The van der Waals surface area contributed by atoms with Crippen molar-refractivity contribution in [1.82, 2.24) is 14.7 Å². The van der Waals surface area contributed by atoms with Crippen LogP contribution in [0.25, 0.3) is 11.6 Å². The largest absolute Gasteiger partial charge is 0.332 e. The van der Waals surface area contributed by atoms with Gasteiger partial charge in [-0.05, 0) is 30.5 Å². The van der Waals surface area contributed by atoms with Crippen LogP contribution >= 0.6 is 11.8 Å². The Labute approximate surface area is 154 Å². The smallest absolute Gasteiger partial charge is 0.274 e. The summed E-state index contributed by atoms with van der Waals surface area (Å²) in [5.41, 5.74) is 0.780. The molecule has 0 atom stereocenters. The van der Waals surface area contributed by atoms with Gasteiger partial charge in [-0.3, -0.25) is 14.2 Å². The molecule has 0 radical (unpaired) electrons. The molecular formula is C18H18N4O3S. The predicted molar refractivity (Wildman–Crippen MR) is 100 cm³/mol. The fourth-order valence-electron chi connectivity index (χ4n) is 2.42. The molecule has 1 amide bonds. The van der Waals surface area contributed by atoms with Crippen molar-refractivity contribution >= 4 is 23.4 Å². The second-order valence-electron chi connectivity index (χ2n) is 5.48. The van der Waals surface area contributed by atoms with Gasteiger partial charge in [-0.2, -0.15) is 4.98 Å². The lowest BCUT2D eigenvalue weighted by atomic mass is 10.3. The Kier molecular flexibility index (Phi) is 5.52. The molecule has 2 aromatic heterocycles. The van der Waals surface area contributed by atoms with Crippen LogP contribution < -0.4 is 10.9 Å². The Morgan fingerprint density at radius 2 is 2.08 bits per heavy atom. The number of hydrogen-bond acceptors (Lipinski definition) is 6. The van der Waals surface area contributed by atoms with Gasteiger partial charge in [0.05, 0.1) is 0 Å². The van der Waals surface area contributed by atoms with Gasteiger partial charge in [0.1, 0.15) is 12.2 Å². The number of carbonyl (C=O) groups is 1. The molecule has 2 heterocycles. The number of amides is 1. The molecule has 0 aliphatic rings. The standard InChI is InChI=1S/C18H18N4O3S/c1-3-15-20-18(25-21-15)14-8-5-9-17(24)22(14)11-16(23)19-12-6-4-7-13(10-12)26-2/h4-10H,3,11H2,1-2H3,(H,19,23). The maximum absolute atomic E-state index is 12.4. The zero-order chi connectivity index (χ0) is 18.5. The van der Waals surface area contributed by atoms with Crippen LogP contribution in [0.1, 0.15) is 12.7 Å². The van der Waals surface area contributed by atoms with E-state index >= 15 is 0 Å². The summed E-state index contributed by atoms with van der Waals surface area (Å²) in [5, 5.41) is 6.65. The molecule has 0 bridgehead atoms. The Morgan fingerprint density at radius 3 is 2.81 bits per heavy atom. The summed E-state index contributed by atoms with van der Waals surface area (Å²) >= 11 is 1.59. The van der Waals surface area contributed by atoms with Crippen LogP contribution in [-0.2, 0) is 17.8 Å². The molecule has 1 aromatic carbocycles. The van der Waals surface area contributed by atoms with Gasteiger partial charge in [0.15, 0.2) is 5.82 Å².